The second kappa shape index (κ2) is 5.94. The molecule has 0 bridgehead atoms. The van der Waals surface area contributed by atoms with Gasteiger partial charge in [-0.2, -0.15) is 9.78 Å². The summed E-state index contributed by atoms with van der Waals surface area (Å²) in [5.41, 5.74) is -1.61. The van der Waals surface area contributed by atoms with Crippen LogP contribution in [0.5, 0.6) is 5.88 Å². The maximum atomic E-state index is 13.0. The van der Waals surface area contributed by atoms with E-state index in [1.165, 1.54) is 12.1 Å². The van der Waals surface area contributed by atoms with Crippen LogP contribution in [-0.2, 0) is 0 Å². The molecule has 8 heteroatoms. The lowest BCUT2D eigenvalue weighted by Gasteiger charge is -2.07. The van der Waals surface area contributed by atoms with E-state index in [4.69, 9.17) is 4.74 Å². The highest BCUT2D eigenvalue weighted by atomic mass is 19.3. The van der Waals surface area contributed by atoms with Crippen LogP contribution in [0.3, 0.4) is 0 Å². The molecule has 2 aromatic rings. The topological polar surface area (TPSA) is 44.1 Å². The Morgan fingerprint density at radius 1 is 1.19 bits per heavy atom. The molecule has 0 radical (unpaired) electrons. The van der Waals surface area contributed by atoms with Crippen LogP contribution >= 0.6 is 0 Å². The van der Waals surface area contributed by atoms with Gasteiger partial charge < -0.3 is 4.74 Å². The molecule has 112 valence electrons. The number of Topliss-reactive ketones (excluding diaryl/α,β-unsaturated/α-hetero) is 1. The number of carbonyl (C=O) groups excluding carboxylic acids is 1. The number of benzene rings is 1. The van der Waals surface area contributed by atoms with Gasteiger partial charge in [0.2, 0.25) is 11.7 Å². The van der Waals surface area contributed by atoms with E-state index in [1.807, 2.05) is 0 Å². The number of aromatic nitrogens is 2. The SMILES string of the molecule is COc1c(C(=O)C(F)F)c(C(F)F)nn1-c1ccccc1. The number of alkyl halides is 4. The third-order valence-electron chi connectivity index (χ3n) is 2.72. The molecule has 0 spiro atoms. The predicted molar refractivity (Wildman–Crippen MR) is 65.4 cm³/mol. The second-order valence-electron chi connectivity index (χ2n) is 3.98. The summed E-state index contributed by atoms with van der Waals surface area (Å²) in [7, 11) is 1.09. The predicted octanol–water partition coefficient (Wildman–Crippen LogP) is 3.27. The molecule has 0 saturated heterocycles. The van der Waals surface area contributed by atoms with Crippen molar-refractivity contribution in [1.82, 2.24) is 9.78 Å². The van der Waals surface area contributed by atoms with E-state index >= 15 is 0 Å². The fraction of sp³-hybridized carbons (Fsp3) is 0.231. The van der Waals surface area contributed by atoms with E-state index < -0.39 is 35.8 Å². The van der Waals surface area contributed by atoms with Crippen molar-refractivity contribution in [2.45, 2.75) is 12.9 Å². The van der Waals surface area contributed by atoms with Gasteiger partial charge in [-0.25, -0.2) is 17.6 Å². The number of carbonyl (C=O) groups is 1. The van der Waals surface area contributed by atoms with E-state index in [0.717, 1.165) is 11.8 Å². The van der Waals surface area contributed by atoms with Crippen LogP contribution in [0.2, 0.25) is 0 Å². The smallest absolute Gasteiger partial charge is 0.300 e. The molecule has 21 heavy (non-hydrogen) atoms. The molecule has 0 unspecified atom stereocenters. The first-order valence-corrected chi connectivity index (χ1v) is 5.80. The summed E-state index contributed by atoms with van der Waals surface area (Å²) in [5, 5.41) is 3.54. The Hall–Kier alpha value is -2.38. The number of hydrogen-bond acceptors (Lipinski definition) is 3. The maximum Gasteiger partial charge on any atom is 0.300 e. The van der Waals surface area contributed by atoms with Crippen LogP contribution in [-0.4, -0.2) is 29.1 Å². The average molecular weight is 302 g/mol. The minimum Gasteiger partial charge on any atom is -0.480 e. The second-order valence-corrected chi connectivity index (χ2v) is 3.98. The monoisotopic (exact) mass is 302 g/mol. The molecule has 1 aromatic heterocycles. The lowest BCUT2D eigenvalue weighted by molar-refractivity contribution is 0.0665. The number of para-hydroxylation sites is 1. The molecule has 0 saturated carbocycles. The van der Waals surface area contributed by atoms with Gasteiger partial charge in [0.25, 0.3) is 6.43 Å². The van der Waals surface area contributed by atoms with E-state index in [0.29, 0.717) is 5.69 Å². The summed E-state index contributed by atoms with van der Waals surface area (Å²) in [6.45, 7) is 0. The van der Waals surface area contributed by atoms with Crippen molar-refractivity contribution >= 4 is 5.78 Å². The number of rotatable bonds is 5. The molecular formula is C13H10F4N2O2. The maximum absolute atomic E-state index is 13.0. The summed E-state index contributed by atoms with van der Waals surface area (Å²) in [6.07, 6.45) is -6.61. The van der Waals surface area contributed by atoms with Gasteiger partial charge in [0.05, 0.1) is 12.8 Å². The zero-order chi connectivity index (χ0) is 15.6. The zero-order valence-electron chi connectivity index (χ0n) is 10.8. The van der Waals surface area contributed by atoms with Gasteiger partial charge in [0.1, 0.15) is 11.3 Å². The third-order valence-corrected chi connectivity index (χ3v) is 2.72. The summed E-state index contributed by atoms with van der Waals surface area (Å²) in [6, 6.07) is 7.92. The number of nitrogens with zero attached hydrogens (tertiary/aromatic N) is 2. The van der Waals surface area contributed by atoms with Gasteiger partial charge in [-0.1, -0.05) is 18.2 Å². The van der Waals surface area contributed by atoms with Crippen LogP contribution in [0.25, 0.3) is 5.69 Å². The lowest BCUT2D eigenvalue weighted by atomic mass is 10.1. The molecule has 4 nitrogen and oxygen atoms in total. The lowest BCUT2D eigenvalue weighted by Crippen LogP contribution is -2.13. The Morgan fingerprint density at radius 3 is 2.29 bits per heavy atom. The molecule has 0 amide bonds. The van der Waals surface area contributed by atoms with Gasteiger partial charge in [-0.05, 0) is 12.1 Å². The minimum atomic E-state index is -3.43. The van der Waals surface area contributed by atoms with Gasteiger partial charge in [-0.15, -0.1) is 0 Å². The van der Waals surface area contributed by atoms with Gasteiger partial charge in [0.15, 0.2) is 0 Å². The number of ether oxygens (including phenoxy) is 1. The number of halogens is 4. The molecule has 0 atom stereocenters. The van der Waals surface area contributed by atoms with Crippen molar-refractivity contribution in [3.8, 4) is 11.6 Å². The minimum absolute atomic E-state index is 0.310. The van der Waals surface area contributed by atoms with Crippen molar-refractivity contribution < 1.29 is 27.1 Å². The quantitative estimate of drug-likeness (QED) is 0.629. The highest BCUT2D eigenvalue weighted by molar-refractivity contribution is 6.01. The van der Waals surface area contributed by atoms with E-state index in [2.05, 4.69) is 5.10 Å². The van der Waals surface area contributed by atoms with Crippen molar-refractivity contribution in [3.63, 3.8) is 0 Å². The first-order chi connectivity index (χ1) is 9.97. The number of ketones is 1. The van der Waals surface area contributed by atoms with Crippen molar-refractivity contribution in [2.24, 2.45) is 0 Å². The Balaban J connectivity index is 2.69. The van der Waals surface area contributed by atoms with Crippen LogP contribution < -0.4 is 4.74 Å². The Bertz CT molecular complexity index is 641. The molecule has 1 heterocycles. The fourth-order valence-corrected chi connectivity index (χ4v) is 1.84. The normalized spacial score (nSPS) is 11.2. The fourth-order valence-electron chi connectivity index (χ4n) is 1.84. The molecule has 0 aliphatic carbocycles. The van der Waals surface area contributed by atoms with Gasteiger partial charge >= 0.3 is 6.43 Å². The molecular weight excluding hydrogens is 292 g/mol. The van der Waals surface area contributed by atoms with E-state index in [1.54, 1.807) is 18.2 Å². The van der Waals surface area contributed by atoms with Crippen molar-refractivity contribution in [2.75, 3.05) is 7.11 Å². The Kier molecular flexibility index (Phi) is 4.25. The Morgan fingerprint density at radius 2 is 1.81 bits per heavy atom. The number of methoxy groups -OCH3 is 1. The largest absolute Gasteiger partial charge is 0.480 e. The third kappa shape index (κ3) is 2.74. The zero-order valence-corrected chi connectivity index (χ0v) is 10.8. The number of hydrogen-bond donors (Lipinski definition) is 0. The highest BCUT2D eigenvalue weighted by Crippen LogP contribution is 2.33. The van der Waals surface area contributed by atoms with Gasteiger partial charge in [-0.3, -0.25) is 4.79 Å². The summed E-state index contributed by atoms with van der Waals surface area (Å²) in [5.74, 6) is -2.19. The average Bonchev–Trinajstić information content (AvgIpc) is 2.86. The highest BCUT2D eigenvalue weighted by Gasteiger charge is 2.34. The Labute approximate surface area is 116 Å². The standard InChI is InChI=1S/C13H10F4N2O2/c1-21-13-8(10(20)12(16)17)9(11(14)15)18-19(13)7-5-3-2-4-6-7/h2-6,11-12H,1H3. The molecule has 1 aromatic carbocycles. The summed E-state index contributed by atoms with van der Waals surface area (Å²) < 4.78 is 56.9. The molecule has 2 rings (SSSR count). The van der Waals surface area contributed by atoms with Crippen molar-refractivity contribution in [1.29, 1.82) is 0 Å². The molecule has 0 N–H and O–H groups in total. The van der Waals surface area contributed by atoms with Crippen LogP contribution in [0, 0.1) is 0 Å². The first-order valence-electron chi connectivity index (χ1n) is 5.80. The van der Waals surface area contributed by atoms with Crippen LogP contribution in [0.1, 0.15) is 22.5 Å². The van der Waals surface area contributed by atoms with Crippen molar-refractivity contribution in [3.05, 3.63) is 41.6 Å². The van der Waals surface area contributed by atoms with E-state index in [-0.39, 0.29) is 0 Å². The molecule has 0 fully saturated rings. The van der Waals surface area contributed by atoms with Crippen LogP contribution in [0.15, 0.2) is 30.3 Å². The first kappa shape index (κ1) is 15.0. The molecule has 0 aliphatic heterocycles. The summed E-state index contributed by atoms with van der Waals surface area (Å²) >= 11 is 0. The van der Waals surface area contributed by atoms with Gasteiger partial charge in [0, 0.05) is 0 Å². The van der Waals surface area contributed by atoms with E-state index in [9.17, 15) is 22.4 Å². The molecule has 0 aliphatic rings. The van der Waals surface area contributed by atoms with Crippen LogP contribution in [0.4, 0.5) is 17.6 Å². The summed E-state index contributed by atoms with van der Waals surface area (Å²) in [4.78, 5) is 11.5.